The Hall–Kier alpha value is -2.96. The Kier molecular flexibility index (Phi) is 3.63. The molecule has 128 valence electrons. The maximum absolute atomic E-state index is 12.7. The van der Waals surface area contributed by atoms with Crippen molar-refractivity contribution < 1.29 is 14.4 Å². The number of aromatic nitrogens is 1. The molecule has 25 heavy (non-hydrogen) atoms. The van der Waals surface area contributed by atoms with Crippen LogP contribution in [0.2, 0.25) is 0 Å². The Bertz CT molecular complexity index is 868. The zero-order chi connectivity index (χ0) is 17.4. The molecule has 1 aliphatic heterocycles. The van der Waals surface area contributed by atoms with Gasteiger partial charge in [-0.05, 0) is 24.3 Å². The minimum Gasteiger partial charge on any atom is -0.322 e. The van der Waals surface area contributed by atoms with Gasteiger partial charge in [-0.25, -0.2) is 4.79 Å². The second kappa shape index (κ2) is 5.84. The highest BCUT2D eigenvalue weighted by Crippen LogP contribution is 2.33. The third-order valence-corrected chi connectivity index (χ3v) is 4.97. The number of imide groups is 1. The summed E-state index contributed by atoms with van der Waals surface area (Å²) >= 11 is 0. The number of benzene rings is 1. The Morgan fingerprint density at radius 2 is 1.88 bits per heavy atom. The Morgan fingerprint density at radius 3 is 2.68 bits per heavy atom. The summed E-state index contributed by atoms with van der Waals surface area (Å²) in [6.07, 6.45) is 5.58. The van der Waals surface area contributed by atoms with E-state index < -0.39 is 17.5 Å². The predicted molar refractivity (Wildman–Crippen MR) is 90.4 cm³/mol. The lowest BCUT2D eigenvalue weighted by Gasteiger charge is -2.30. The van der Waals surface area contributed by atoms with E-state index in [4.69, 9.17) is 0 Å². The van der Waals surface area contributed by atoms with Crippen molar-refractivity contribution in [3.05, 3.63) is 42.2 Å². The average Bonchev–Trinajstić information content (AvgIpc) is 2.86. The van der Waals surface area contributed by atoms with E-state index in [-0.39, 0.29) is 11.6 Å². The van der Waals surface area contributed by atoms with E-state index in [2.05, 4.69) is 15.7 Å². The number of urea groups is 1. The first-order valence-electron chi connectivity index (χ1n) is 8.42. The molecular weight excluding hydrogens is 320 g/mol. The van der Waals surface area contributed by atoms with E-state index in [0.717, 1.165) is 29.7 Å². The van der Waals surface area contributed by atoms with E-state index >= 15 is 0 Å². The van der Waals surface area contributed by atoms with E-state index in [1.54, 1.807) is 12.1 Å². The number of pyridine rings is 1. The van der Waals surface area contributed by atoms with Crippen LogP contribution in [0.4, 0.5) is 4.79 Å². The summed E-state index contributed by atoms with van der Waals surface area (Å²) in [5.41, 5.74) is 1.75. The largest absolute Gasteiger partial charge is 0.344 e. The number of nitrogens with zero attached hydrogens (tertiary/aromatic N) is 2. The Balaban J connectivity index is 1.60. The fourth-order valence-corrected chi connectivity index (χ4v) is 3.67. The van der Waals surface area contributed by atoms with E-state index in [1.165, 1.54) is 6.20 Å². The summed E-state index contributed by atoms with van der Waals surface area (Å²) < 4.78 is 0. The van der Waals surface area contributed by atoms with Gasteiger partial charge in [0.25, 0.3) is 11.8 Å². The smallest absolute Gasteiger partial charge is 0.322 e. The molecule has 1 aliphatic carbocycles. The highest BCUT2D eigenvalue weighted by molar-refractivity contribution is 6.11. The summed E-state index contributed by atoms with van der Waals surface area (Å²) in [5.74, 6) is -0.959. The van der Waals surface area contributed by atoms with Crippen LogP contribution in [-0.4, -0.2) is 33.4 Å². The molecule has 7 nitrogen and oxygen atoms in total. The summed E-state index contributed by atoms with van der Waals surface area (Å²) in [5, 5.41) is 5.10. The van der Waals surface area contributed by atoms with Crippen LogP contribution >= 0.6 is 0 Å². The van der Waals surface area contributed by atoms with Gasteiger partial charge in [-0.3, -0.25) is 20.0 Å². The summed E-state index contributed by atoms with van der Waals surface area (Å²) in [6.45, 7) is 0. The van der Waals surface area contributed by atoms with E-state index in [1.807, 2.05) is 18.2 Å². The van der Waals surface area contributed by atoms with Crippen molar-refractivity contribution in [1.82, 2.24) is 20.7 Å². The summed E-state index contributed by atoms with van der Waals surface area (Å²) in [6, 6.07) is 8.56. The van der Waals surface area contributed by atoms with Gasteiger partial charge in [0.15, 0.2) is 0 Å². The number of amides is 4. The van der Waals surface area contributed by atoms with Gasteiger partial charge >= 0.3 is 6.03 Å². The third-order valence-electron chi connectivity index (χ3n) is 4.97. The number of carbonyl (C=O) groups excluding carboxylic acids is 3. The fraction of sp³-hybridized carbons (Fsp3) is 0.333. The lowest BCUT2D eigenvalue weighted by atomic mass is 9.82. The number of hydrogen-bond donors (Lipinski definition) is 2. The molecule has 1 saturated carbocycles. The Morgan fingerprint density at radius 1 is 1.12 bits per heavy atom. The minimum absolute atomic E-state index is 0.184. The zero-order valence-corrected chi connectivity index (χ0v) is 13.6. The van der Waals surface area contributed by atoms with E-state index in [9.17, 15) is 14.4 Å². The lowest BCUT2D eigenvalue weighted by Crippen LogP contribution is -2.51. The minimum atomic E-state index is -0.866. The summed E-state index contributed by atoms with van der Waals surface area (Å²) in [4.78, 5) is 41.7. The van der Waals surface area contributed by atoms with Crippen LogP contribution in [0.3, 0.4) is 0 Å². The first-order valence-corrected chi connectivity index (χ1v) is 8.42. The SMILES string of the molecule is O=C(NN1C(=O)NC2(CCCCC2)C1=O)c1nccc2ccccc12. The van der Waals surface area contributed by atoms with Crippen LogP contribution < -0.4 is 10.7 Å². The van der Waals surface area contributed by atoms with Crippen LogP contribution in [0.1, 0.15) is 42.6 Å². The molecule has 2 heterocycles. The van der Waals surface area contributed by atoms with Crippen molar-refractivity contribution in [3.63, 3.8) is 0 Å². The van der Waals surface area contributed by atoms with Crippen molar-refractivity contribution in [2.45, 2.75) is 37.6 Å². The maximum atomic E-state index is 12.7. The van der Waals surface area contributed by atoms with Gasteiger partial charge in [0.1, 0.15) is 11.2 Å². The highest BCUT2D eigenvalue weighted by atomic mass is 16.2. The molecule has 1 aromatic heterocycles. The van der Waals surface area contributed by atoms with Gasteiger partial charge in [0, 0.05) is 11.6 Å². The monoisotopic (exact) mass is 338 g/mol. The van der Waals surface area contributed by atoms with Crippen molar-refractivity contribution in [2.24, 2.45) is 0 Å². The fourth-order valence-electron chi connectivity index (χ4n) is 3.67. The number of hydrazine groups is 1. The number of nitrogens with one attached hydrogen (secondary N) is 2. The zero-order valence-electron chi connectivity index (χ0n) is 13.6. The molecule has 4 rings (SSSR count). The maximum Gasteiger partial charge on any atom is 0.344 e. The van der Waals surface area contributed by atoms with Gasteiger partial charge in [-0.2, -0.15) is 5.01 Å². The second-order valence-electron chi connectivity index (χ2n) is 6.54. The predicted octanol–water partition coefficient (Wildman–Crippen LogP) is 2.13. The van der Waals surface area contributed by atoms with Gasteiger partial charge in [-0.15, -0.1) is 0 Å². The van der Waals surface area contributed by atoms with Crippen LogP contribution in [0.5, 0.6) is 0 Å². The third kappa shape index (κ3) is 2.52. The molecule has 2 aromatic rings. The number of carbonyl (C=O) groups is 3. The van der Waals surface area contributed by atoms with Crippen molar-refractivity contribution in [1.29, 1.82) is 0 Å². The molecule has 2 aliphatic rings. The van der Waals surface area contributed by atoms with Crippen molar-refractivity contribution in [3.8, 4) is 0 Å². The van der Waals surface area contributed by atoms with Gasteiger partial charge in [0.2, 0.25) is 0 Å². The first-order chi connectivity index (χ1) is 12.1. The van der Waals surface area contributed by atoms with Crippen LogP contribution in [0.15, 0.2) is 36.5 Å². The molecule has 0 radical (unpaired) electrons. The van der Waals surface area contributed by atoms with Crippen LogP contribution in [0, 0.1) is 0 Å². The highest BCUT2D eigenvalue weighted by Gasteiger charge is 2.52. The Labute approximate surface area is 144 Å². The van der Waals surface area contributed by atoms with Crippen LogP contribution in [-0.2, 0) is 4.79 Å². The van der Waals surface area contributed by atoms with Gasteiger partial charge in [0.05, 0.1) is 0 Å². The lowest BCUT2D eigenvalue weighted by molar-refractivity contribution is -0.134. The topological polar surface area (TPSA) is 91.4 Å². The van der Waals surface area contributed by atoms with Gasteiger partial charge in [-0.1, -0.05) is 43.5 Å². The first kappa shape index (κ1) is 15.6. The molecule has 0 bridgehead atoms. The summed E-state index contributed by atoms with van der Waals surface area (Å²) in [7, 11) is 0. The second-order valence-corrected chi connectivity index (χ2v) is 6.54. The van der Waals surface area contributed by atoms with Gasteiger partial charge < -0.3 is 5.32 Å². The number of fused-ring (bicyclic) bond motifs is 1. The molecule has 2 N–H and O–H groups in total. The molecule has 0 unspecified atom stereocenters. The average molecular weight is 338 g/mol. The molecule has 4 amide bonds. The normalized spacial score (nSPS) is 19.3. The molecular formula is C18H18N4O3. The molecule has 2 fully saturated rings. The molecule has 1 spiro atoms. The number of hydrogen-bond acceptors (Lipinski definition) is 4. The quantitative estimate of drug-likeness (QED) is 0.821. The number of rotatable bonds is 2. The molecule has 1 aromatic carbocycles. The van der Waals surface area contributed by atoms with E-state index in [0.29, 0.717) is 18.2 Å². The molecule has 0 atom stereocenters. The molecule has 7 heteroatoms. The van der Waals surface area contributed by atoms with Crippen molar-refractivity contribution >= 4 is 28.6 Å². The van der Waals surface area contributed by atoms with Crippen LogP contribution in [0.25, 0.3) is 10.8 Å². The standard InChI is InChI=1S/C18H18N4O3/c23-15(14-13-7-3-2-6-12(13)8-11-19-14)21-22-16(24)18(20-17(22)25)9-4-1-5-10-18/h2-3,6-8,11H,1,4-5,9-10H2,(H,20,25)(H,21,23). The van der Waals surface area contributed by atoms with Crippen molar-refractivity contribution in [2.75, 3.05) is 0 Å². The molecule has 1 saturated heterocycles.